The number of benzene rings is 2. The van der Waals surface area contributed by atoms with Crippen molar-refractivity contribution in [2.24, 2.45) is 5.41 Å². The van der Waals surface area contributed by atoms with Crippen LogP contribution in [0.3, 0.4) is 0 Å². The summed E-state index contributed by atoms with van der Waals surface area (Å²) in [5.74, 6) is 0. The van der Waals surface area contributed by atoms with Crippen LogP contribution >= 0.6 is 0 Å². The minimum absolute atomic E-state index is 0.0774. The second-order valence-corrected chi connectivity index (χ2v) is 8.31. The highest BCUT2D eigenvalue weighted by atomic mass is 16.3. The molecule has 0 aliphatic rings. The molecule has 0 amide bonds. The van der Waals surface area contributed by atoms with Crippen LogP contribution in [0.1, 0.15) is 38.8 Å². The minimum atomic E-state index is -2.49. The number of rotatable bonds is 2. The summed E-state index contributed by atoms with van der Waals surface area (Å²) >= 11 is 0. The van der Waals surface area contributed by atoms with E-state index in [1.807, 2.05) is 36.4 Å². The van der Waals surface area contributed by atoms with Gasteiger partial charge in [0.05, 0.1) is 5.69 Å². The van der Waals surface area contributed by atoms with E-state index in [2.05, 4.69) is 9.97 Å². The smallest absolute Gasteiger partial charge is 0.144 e. The van der Waals surface area contributed by atoms with Gasteiger partial charge in [-0.2, -0.15) is 0 Å². The Labute approximate surface area is 177 Å². The van der Waals surface area contributed by atoms with Crippen molar-refractivity contribution in [3.8, 4) is 11.3 Å². The summed E-state index contributed by atoms with van der Waals surface area (Å²) in [6.45, 7) is 2.79. The molecule has 3 heterocycles. The van der Waals surface area contributed by atoms with Crippen LogP contribution < -0.4 is 0 Å². The highest BCUT2D eigenvalue weighted by Gasteiger charge is 2.17. The first-order chi connectivity index (χ1) is 15.9. The molecule has 0 atom stereocenters. The van der Waals surface area contributed by atoms with Crippen molar-refractivity contribution in [2.75, 3.05) is 0 Å². The maximum absolute atomic E-state index is 8.80. The number of fused-ring (bicyclic) bond motifs is 5. The van der Waals surface area contributed by atoms with Crippen LogP contribution in [0.25, 0.3) is 44.0 Å². The quantitative estimate of drug-likeness (QED) is 0.325. The first-order valence-electron chi connectivity index (χ1n) is 12.1. The molecule has 0 aliphatic carbocycles. The van der Waals surface area contributed by atoms with Gasteiger partial charge >= 0.3 is 0 Å². The fourth-order valence-electron chi connectivity index (χ4n) is 3.74. The second kappa shape index (κ2) is 6.41. The monoisotopic (exact) mass is 385 g/mol. The number of aryl methyl sites for hydroxylation is 1. The SMILES string of the molecule is [2H]C([2H])([2H])c1cnc(-c2cccc3c2oc2c4ccncc4ccc32)cc1C([2H])([2H])C(C)(C)C. The molecule has 3 heteroatoms. The molecule has 2 aromatic carbocycles. The van der Waals surface area contributed by atoms with E-state index in [9.17, 15) is 0 Å². The molecule has 0 spiro atoms. The summed E-state index contributed by atoms with van der Waals surface area (Å²) < 4.78 is 47.8. The molecule has 0 saturated carbocycles. The Morgan fingerprint density at radius 2 is 1.86 bits per heavy atom. The number of hydrogen-bond acceptors (Lipinski definition) is 3. The standard InChI is InChI=1S/C26H24N2O/c1-16-14-28-23(12-18(16)13-26(2,3)4)22-7-5-6-20-21-9-8-17-15-27-11-10-19(17)24(21)29-25(20)22/h5-12,14-15H,13H2,1-4H3/i1D3,13D2. The van der Waals surface area contributed by atoms with Crippen LogP contribution in [0.2, 0.25) is 0 Å². The zero-order chi connectivity index (χ0) is 24.5. The fourth-order valence-corrected chi connectivity index (χ4v) is 3.74. The summed E-state index contributed by atoms with van der Waals surface area (Å²) in [6.07, 6.45) is 2.90. The van der Waals surface area contributed by atoms with Crippen molar-refractivity contribution in [3.63, 3.8) is 0 Å². The van der Waals surface area contributed by atoms with Crippen LogP contribution in [0, 0.1) is 12.3 Å². The first-order valence-corrected chi connectivity index (χ1v) is 9.59. The van der Waals surface area contributed by atoms with Gasteiger partial charge in [0.2, 0.25) is 0 Å². The zero-order valence-corrected chi connectivity index (χ0v) is 16.6. The van der Waals surface area contributed by atoms with Crippen LogP contribution in [-0.4, -0.2) is 9.97 Å². The molecule has 0 aliphatic heterocycles. The van der Waals surface area contributed by atoms with Crippen molar-refractivity contribution < 1.29 is 11.3 Å². The van der Waals surface area contributed by atoms with E-state index in [4.69, 9.17) is 11.3 Å². The fraction of sp³-hybridized carbons (Fsp3) is 0.231. The predicted molar refractivity (Wildman–Crippen MR) is 120 cm³/mol. The van der Waals surface area contributed by atoms with Crippen molar-refractivity contribution >= 4 is 32.7 Å². The number of furan rings is 1. The van der Waals surface area contributed by atoms with E-state index in [1.54, 1.807) is 39.2 Å². The number of nitrogens with zero attached hydrogens (tertiary/aromatic N) is 2. The van der Waals surface area contributed by atoms with E-state index >= 15 is 0 Å². The molecule has 3 aromatic heterocycles. The molecule has 5 rings (SSSR count). The van der Waals surface area contributed by atoms with E-state index < -0.39 is 18.6 Å². The minimum Gasteiger partial charge on any atom is -0.455 e. The predicted octanol–water partition coefficient (Wildman–Crippen LogP) is 7.09. The highest BCUT2D eigenvalue weighted by molar-refractivity contribution is 6.16. The van der Waals surface area contributed by atoms with Gasteiger partial charge in [0.15, 0.2) is 0 Å². The number of hydrogen-bond donors (Lipinski definition) is 0. The molecule has 144 valence electrons. The summed E-state index contributed by atoms with van der Waals surface area (Å²) in [7, 11) is 0. The Balaban J connectivity index is 1.80. The number of para-hydroxylation sites is 1. The van der Waals surface area contributed by atoms with Gasteiger partial charge in [0, 0.05) is 52.6 Å². The third kappa shape index (κ3) is 3.07. The van der Waals surface area contributed by atoms with Gasteiger partial charge in [0.25, 0.3) is 0 Å². The van der Waals surface area contributed by atoms with Crippen LogP contribution in [0.5, 0.6) is 0 Å². The Hall–Kier alpha value is -3.20. The Kier molecular flexibility index (Phi) is 2.90. The number of pyridine rings is 2. The van der Waals surface area contributed by atoms with E-state index in [1.165, 1.54) is 6.20 Å². The summed E-state index contributed by atoms with van der Waals surface area (Å²) in [6, 6.07) is 13.2. The average molecular weight is 386 g/mol. The molecule has 3 nitrogen and oxygen atoms in total. The Morgan fingerprint density at radius 3 is 2.69 bits per heavy atom. The molecule has 5 aromatic rings. The van der Waals surface area contributed by atoms with Crippen molar-refractivity contribution in [1.29, 1.82) is 0 Å². The molecular weight excluding hydrogens is 356 g/mol. The van der Waals surface area contributed by atoms with E-state index in [0.717, 1.165) is 27.1 Å². The third-order valence-corrected chi connectivity index (χ3v) is 4.97. The lowest BCUT2D eigenvalue weighted by molar-refractivity contribution is 0.410. The molecule has 29 heavy (non-hydrogen) atoms. The van der Waals surface area contributed by atoms with Gasteiger partial charge in [0.1, 0.15) is 11.2 Å². The van der Waals surface area contributed by atoms with E-state index in [-0.39, 0.29) is 11.1 Å². The van der Waals surface area contributed by atoms with Crippen LogP contribution in [-0.2, 0) is 6.37 Å². The molecular formula is C26H24N2O. The first kappa shape index (κ1) is 13.1. The maximum Gasteiger partial charge on any atom is 0.144 e. The highest BCUT2D eigenvalue weighted by Crippen LogP contribution is 2.38. The maximum atomic E-state index is 8.80. The second-order valence-electron chi connectivity index (χ2n) is 8.31. The molecule has 0 radical (unpaired) electrons. The normalized spacial score (nSPS) is 15.8. The van der Waals surface area contributed by atoms with Crippen molar-refractivity contribution in [3.05, 3.63) is 72.2 Å². The van der Waals surface area contributed by atoms with Crippen LogP contribution in [0.4, 0.5) is 0 Å². The lowest BCUT2D eigenvalue weighted by atomic mass is 9.86. The van der Waals surface area contributed by atoms with Crippen LogP contribution in [0.15, 0.2) is 65.5 Å². The molecule has 0 N–H and O–H groups in total. The van der Waals surface area contributed by atoms with Gasteiger partial charge in [-0.1, -0.05) is 39.0 Å². The van der Waals surface area contributed by atoms with Gasteiger partial charge in [-0.15, -0.1) is 0 Å². The Morgan fingerprint density at radius 1 is 1.00 bits per heavy atom. The summed E-state index contributed by atoms with van der Waals surface area (Å²) in [4.78, 5) is 8.64. The number of aromatic nitrogens is 2. The molecule has 0 unspecified atom stereocenters. The van der Waals surface area contributed by atoms with E-state index in [0.29, 0.717) is 16.8 Å². The third-order valence-electron chi connectivity index (χ3n) is 4.97. The Bertz CT molecular complexity index is 1560. The van der Waals surface area contributed by atoms with Gasteiger partial charge in [-0.05, 0) is 54.0 Å². The molecule has 0 fully saturated rings. The van der Waals surface area contributed by atoms with Crippen molar-refractivity contribution in [2.45, 2.75) is 34.0 Å². The largest absolute Gasteiger partial charge is 0.455 e. The molecule has 0 bridgehead atoms. The lowest BCUT2D eigenvalue weighted by Gasteiger charge is -2.20. The average Bonchev–Trinajstić information content (AvgIpc) is 3.16. The van der Waals surface area contributed by atoms with Gasteiger partial charge in [-0.25, -0.2) is 0 Å². The summed E-state index contributed by atoms with van der Waals surface area (Å²) in [5.41, 5.74) is 1.72. The topological polar surface area (TPSA) is 38.9 Å². The van der Waals surface area contributed by atoms with Gasteiger partial charge < -0.3 is 4.42 Å². The van der Waals surface area contributed by atoms with Crippen molar-refractivity contribution in [1.82, 2.24) is 9.97 Å². The summed E-state index contributed by atoms with van der Waals surface area (Å²) in [5, 5.41) is 3.79. The molecule has 0 saturated heterocycles. The van der Waals surface area contributed by atoms with Gasteiger partial charge in [-0.3, -0.25) is 9.97 Å². The zero-order valence-electron chi connectivity index (χ0n) is 21.6. The lowest BCUT2D eigenvalue weighted by Crippen LogP contribution is -2.10.